The molecule has 28 heavy (non-hydrogen) atoms. The fourth-order valence-electron chi connectivity index (χ4n) is 3.70. The molecule has 1 unspecified atom stereocenters. The first kappa shape index (κ1) is 17.7. The molecule has 0 bridgehead atoms. The van der Waals surface area contributed by atoms with Crippen LogP contribution in [0.2, 0.25) is 0 Å². The summed E-state index contributed by atoms with van der Waals surface area (Å²) in [6.07, 6.45) is 5.39. The van der Waals surface area contributed by atoms with Crippen LogP contribution in [0.25, 0.3) is 0 Å². The first-order chi connectivity index (χ1) is 13.8. The molecule has 1 aliphatic rings. The van der Waals surface area contributed by atoms with Gasteiger partial charge in [0.1, 0.15) is 5.82 Å². The van der Waals surface area contributed by atoms with E-state index in [2.05, 4.69) is 37.1 Å². The Hall–Kier alpha value is -3.68. The van der Waals surface area contributed by atoms with E-state index in [1.54, 1.807) is 12.3 Å². The predicted molar refractivity (Wildman–Crippen MR) is 104 cm³/mol. The smallest absolute Gasteiger partial charge is 0.129 e. The molecule has 4 rings (SSSR count). The minimum Gasteiger partial charge on any atom is -0.354 e. The Morgan fingerprint density at radius 1 is 1.04 bits per heavy atom. The number of hydrogen-bond acceptors (Lipinski definition) is 6. The highest BCUT2D eigenvalue weighted by Crippen LogP contribution is 2.31. The summed E-state index contributed by atoms with van der Waals surface area (Å²) in [5, 5.41) is 25.7. The zero-order chi connectivity index (χ0) is 19.3. The van der Waals surface area contributed by atoms with Crippen LogP contribution >= 0.6 is 0 Å². The van der Waals surface area contributed by atoms with Crippen molar-refractivity contribution < 1.29 is 0 Å². The second-order valence-corrected chi connectivity index (χ2v) is 6.67. The Kier molecular flexibility index (Phi) is 5.01. The van der Waals surface area contributed by atoms with Gasteiger partial charge in [-0.2, -0.15) is 15.6 Å². The summed E-state index contributed by atoms with van der Waals surface area (Å²) in [5.41, 5.74) is 3.33. The summed E-state index contributed by atoms with van der Waals surface area (Å²) in [6, 6.07) is 15.7. The third-order valence-corrected chi connectivity index (χ3v) is 5.09. The van der Waals surface area contributed by atoms with Crippen LogP contribution in [0.15, 0.2) is 55.0 Å². The SMILES string of the molecule is N#Cc1ccnc(N2CCN(C(c3cn[nH]c3)c3ccccc3C#N)CC2)c1. The summed E-state index contributed by atoms with van der Waals surface area (Å²) in [7, 11) is 0. The fourth-order valence-corrected chi connectivity index (χ4v) is 3.70. The van der Waals surface area contributed by atoms with Crippen molar-refractivity contribution in [1.82, 2.24) is 20.1 Å². The minimum atomic E-state index is -0.0323. The van der Waals surface area contributed by atoms with E-state index in [1.165, 1.54) is 0 Å². The Balaban J connectivity index is 1.58. The second-order valence-electron chi connectivity index (χ2n) is 6.67. The zero-order valence-corrected chi connectivity index (χ0v) is 15.3. The van der Waals surface area contributed by atoms with Crippen LogP contribution in [-0.4, -0.2) is 46.3 Å². The molecule has 3 aromatic rings. The number of benzene rings is 1. The van der Waals surface area contributed by atoms with E-state index >= 15 is 0 Å². The standard InChI is InChI=1S/C21H19N7/c22-12-16-5-6-24-20(11-16)27-7-9-28(10-8-27)21(18-14-25-26-15-18)19-4-2-1-3-17(19)13-23/h1-6,11,14-15,21H,7-10H2,(H,25,26). The van der Waals surface area contributed by atoms with Gasteiger partial charge in [-0.15, -0.1) is 0 Å². The van der Waals surface area contributed by atoms with Crippen LogP contribution in [-0.2, 0) is 0 Å². The summed E-state index contributed by atoms with van der Waals surface area (Å²) < 4.78 is 0. The van der Waals surface area contributed by atoms with E-state index in [0.717, 1.165) is 43.1 Å². The molecule has 1 N–H and O–H groups in total. The maximum absolute atomic E-state index is 9.57. The number of anilines is 1. The highest BCUT2D eigenvalue weighted by molar-refractivity contribution is 5.46. The van der Waals surface area contributed by atoms with Gasteiger partial charge in [0.25, 0.3) is 0 Å². The quantitative estimate of drug-likeness (QED) is 0.759. The van der Waals surface area contributed by atoms with E-state index in [1.807, 2.05) is 42.7 Å². The Morgan fingerprint density at radius 3 is 2.57 bits per heavy atom. The summed E-state index contributed by atoms with van der Waals surface area (Å²) >= 11 is 0. The average Bonchev–Trinajstić information content (AvgIpc) is 3.29. The molecule has 1 atom stereocenters. The lowest BCUT2D eigenvalue weighted by molar-refractivity contribution is 0.212. The average molecular weight is 369 g/mol. The number of nitrogens with zero attached hydrogens (tertiary/aromatic N) is 6. The molecule has 7 nitrogen and oxygen atoms in total. The summed E-state index contributed by atoms with van der Waals surface area (Å²) in [5.74, 6) is 0.830. The molecule has 1 aromatic carbocycles. The van der Waals surface area contributed by atoms with Gasteiger partial charge in [0.15, 0.2) is 0 Å². The van der Waals surface area contributed by atoms with Crippen LogP contribution in [0.3, 0.4) is 0 Å². The number of nitrogens with one attached hydrogen (secondary N) is 1. The molecule has 0 saturated carbocycles. The van der Waals surface area contributed by atoms with Crippen molar-refractivity contribution in [1.29, 1.82) is 10.5 Å². The topological polar surface area (TPSA) is 95.6 Å². The predicted octanol–water partition coefficient (Wildman–Crippen LogP) is 2.46. The number of piperazine rings is 1. The van der Waals surface area contributed by atoms with Gasteiger partial charge in [-0.25, -0.2) is 4.98 Å². The number of H-pyrrole nitrogens is 1. The lowest BCUT2D eigenvalue weighted by Crippen LogP contribution is -2.48. The molecule has 1 aliphatic heterocycles. The number of pyridine rings is 1. The van der Waals surface area contributed by atoms with Crippen molar-refractivity contribution in [3.63, 3.8) is 0 Å². The molecular weight excluding hydrogens is 350 g/mol. The van der Waals surface area contributed by atoms with Crippen LogP contribution in [0.4, 0.5) is 5.82 Å². The largest absolute Gasteiger partial charge is 0.354 e. The van der Waals surface area contributed by atoms with Gasteiger partial charge in [0, 0.05) is 44.1 Å². The van der Waals surface area contributed by atoms with Gasteiger partial charge in [0.05, 0.1) is 35.5 Å². The van der Waals surface area contributed by atoms with E-state index in [4.69, 9.17) is 5.26 Å². The van der Waals surface area contributed by atoms with Crippen molar-refractivity contribution in [2.24, 2.45) is 0 Å². The van der Waals surface area contributed by atoms with Crippen molar-refractivity contribution in [3.8, 4) is 12.1 Å². The molecular formula is C21H19N7. The minimum absolute atomic E-state index is 0.0323. The third-order valence-electron chi connectivity index (χ3n) is 5.09. The molecule has 7 heteroatoms. The van der Waals surface area contributed by atoms with Crippen molar-refractivity contribution in [3.05, 3.63) is 77.2 Å². The number of rotatable bonds is 4. The van der Waals surface area contributed by atoms with Crippen LogP contribution in [0, 0.1) is 22.7 Å². The van der Waals surface area contributed by atoms with Gasteiger partial charge in [-0.1, -0.05) is 18.2 Å². The first-order valence-electron chi connectivity index (χ1n) is 9.13. The van der Waals surface area contributed by atoms with Crippen LogP contribution in [0.1, 0.15) is 28.3 Å². The van der Waals surface area contributed by atoms with E-state index in [-0.39, 0.29) is 6.04 Å². The van der Waals surface area contributed by atoms with Gasteiger partial charge in [-0.05, 0) is 23.8 Å². The molecule has 138 valence electrons. The fraction of sp³-hybridized carbons (Fsp3) is 0.238. The molecule has 0 aliphatic carbocycles. The first-order valence-corrected chi connectivity index (χ1v) is 9.13. The zero-order valence-electron chi connectivity index (χ0n) is 15.3. The molecule has 1 saturated heterocycles. The molecule has 1 fully saturated rings. The van der Waals surface area contributed by atoms with Crippen molar-refractivity contribution in [2.45, 2.75) is 6.04 Å². The molecule has 0 amide bonds. The molecule has 0 spiro atoms. The molecule has 0 radical (unpaired) electrons. The van der Waals surface area contributed by atoms with Crippen molar-refractivity contribution in [2.75, 3.05) is 31.1 Å². The maximum atomic E-state index is 9.57. The summed E-state index contributed by atoms with van der Waals surface area (Å²) in [4.78, 5) is 8.98. The van der Waals surface area contributed by atoms with E-state index in [0.29, 0.717) is 11.1 Å². The monoisotopic (exact) mass is 369 g/mol. The normalized spacial score (nSPS) is 15.6. The Bertz CT molecular complexity index is 1020. The van der Waals surface area contributed by atoms with Gasteiger partial charge >= 0.3 is 0 Å². The van der Waals surface area contributed by atoms with Crippen molar-refractivity contribution >= 4 is 5.82 Å². The van der Waals surface area contributed by atoms with Gasteiger partial charge in [0.2, 0.25) is 0 Å². The highest BCUT2D eigenvalue weighted by Gasteiger charge is 2.29. The molecule has 3 heterocycles. The lowest BCUT2D eigenvalue weighted by atomic mass is 9.95. The number of nitriles is 2. The van der Waals surface area contributed by atoms with E-state index in [9.17, 15) is 5.26 Å². The van der Waals surface area contributed by atoms with Gasteiger partial charge in [-0.3, -0.25) is 10.00 Å². The Morgan fingerprint density at radius 2 is 1.86 bits per heavy atom. The number of aromatic amines is 1. The third kappa shape index (κ3) is 3.44. The highest BCUT2D eigenvalue weighted by atomic mass is 15.3. The maximum Gasteiger partial charge on any atom is 0.129 e. The van der Waals surface area contributed by atoms with Gasteiger partial charge < -0.3 is 4.90 Å². The van der Waals surface area contributed by atoms with E-state index < -0.39 is 0 Å². The Labute approximate surface area is 163 Å². The molecule has 2 aromatic heterocycles. The number of hydrogen-bond donors (Lipinski definition) is 1. The number of aromatic nitrogens is 3. The van der Waals surface area contributed by atoms with Crippen LogP contribution < -0.4 is 4.90 Å². The summed E-state index contributed by atoms with van der Waals surface area (Å²) in [6.45, 7) is 3.22. The second kappa shape index (κ2) is 7.91. The van der Waals surface area contributed by atoms with Crippen LogP contribution in [0.5, 0.6) is 0 Å². The lowest BCUT2D eigenvalue weighted by Gasteiger charge is -2.40.